The van der Waals surface area contributed by atoms with Gasteiger partial charge < -0.3 is 5.73 Å². The summed E-state index contributed by atoms with van der Waals surface area (Å²) in [6, 6.07) is 9.84. The minimum absolute atomic E-state index is 0.0808. The van der Waals surface area contributed by atoms with Gasteiger partial charge in [-0.15, -0.1) is 0 Å². The van der Waals surface area contributed by atoms with Crippen molar-refractivity contribution in [1.29, 1.82) is 0 Å². The van der Waals surface area contributed by atoms with Crippen molar-refractivity contribution in [3.8, 4) is 0 Å². The maximum atomic E-state index is 12.8. The number of piperidine rings is 1. The van der Waals surface area contributed by atoms with Crippen LogP contribution in [0.25, 0.3) is 0 Å². The first-order chi connectivity index (χ1) is 11.0. The zero-order valence-electron chi connectivity index (χ0n) is 13.2. The predicted molar refractivity (Wildman–Crippen MR) is 88.3 cm³/mol. The SMILES string of the molecule is C[C@@H]1C[C@H](N)CCN1S(=O)(=O)c1cnn(Cc2ccccc2)c1. The Bertz CT molecular complexity index is 757. The molecule has 23 heavy (non-hydrogen) atoms. The average molecular weight is 334 g/mol. The van der Waals surface area contributed by atoms with Crippen molar-refractivity contribution in [2.75, 3.05) is 6.54 Å². The van der Waals surface area contributed by atoms with Crippen LogP contribution in [-0.2, 0) is 16.6 Å². The molecule has 1 aliphatic rings. The molecule has 0 spiro atoms. The fourth-order valence-corrected chi connectivity index (χ4v) is 4.63. The molecule has 0 amide bonds. The molecule has 3 rings (SSSR count). The van der Waals surface area contributed by atoms with E-state index < -0.39 is 10.0 Å². The smallest absolute Gasteiger partial charge is 0.246 e. The molecule has 2 heterocycles. The van der Waals surface area contributed by atoms with E-state index in [0.29, 0.717) is 25.9 Å². The van der Waals surface area contributed by atoms with Gasteiger partial charge in [-0.3, -0.25) is 4.68 Å². The van der Waals surface area contributed by atoms with Crippen molar-refractivity contribution in [2.45, 2.75) is 43.3 Å². The van der Waals surface area contributed by atoms with Gasteiger partial charge in [0, 0.05) is 24.8 Å². The quantitative estimate of drug-likeness (QED) is 0.917. The van der Waals surface area contributed by atoms with Gasteiger partial charge in [0.25, 0.3) is 0 Å². The van der Waals surface area contributed by atoms with Gasteiger partial charge in [0.1, 0.15) is 4.90 Å². The van der Waals surface area contributed by atoms with Crippen molar-refractivity contribution in [2.24, 2.45) is 5.73 Å². The molecule has 124 valence electrons. The first kappa shape index (κ1) is 16.2. The molecule has 1 aromatic heterocycles. The molecule has 1 aromatic carbocycles. The first-order valence-corrected chi connectivity index (χ1v) is 9.24. The Morgan fingerprint density at radius 2 is 2.04 bits per heavy atom. The van der Waals surface area contributed by atoms with Crippen LogP contribution < -0.4 is 5.73 Å². The Hall–Kier alpha value is -1.70. The molecule has 0 bridgehead atoms. The molecule has 2 atom stereocenters. The Kier molecular flexibility index (Phi) is 4.52. The molecular formula is C16H22N4O2S. The van der Waals surface area contributed by atoms with E-state index in [-0.39, 0.29) is 17.0 Å². The van der Waals surface area contributed by atoms with Crippen LogP contribution in [-0.4, -0.2) is 41.1 Å². The van der Waals surface area contributed by atoms with Crippen molar-refractivity contribution < 1.29 is 8.42 Å². The minimum Gasteiger partial charge on any atom is -0.328 e. The number of hydrogen-bond acceptors (Lipinski definition) is 4. The maximum absolute atomic E-state index is 12.8. The van der Waals surface area contributed by atoms with E-state index in [9.17, 15) is 8.42 Å². The zero-order valence-corrected chi connectivity index (χ0v) is 14.0. The third-order valence-corrected chi connectivity index (χ3v) is 6.23. The summed E-state index contributed by atoms with van der Waals surface area (Å²) < 4.78 is 28.8. The Balaban J connectivity index is 1.79. The molecule has 0 unspecified atom stereocenters. The van der Waals surface area contributed by atoms with Crippen molar-refractivity contribution in [3.63, 3.8) is 0 Å². The van der Waals surface area contributed by atoms with E-state index in [0.717, 1.165) is 5.56 Å². The highest BCUT2D eigenvalue weighted by Crippen LogP contribution is 2.24. The Labute approximate surface area is 137 Å². The second-order valence-electron chi connectivity index (χ2n) is 6.11. The van der Waals surface area contributed by atoms with E-state index >= 15 is 0 Å². The summed E-state index contributed by atoms with van der Waals surface area (Å²) >= 11 is 0. The zero-order chi connectivity index (χ0) is 16.4. The molecule has 0 radical (unpaired) electrons. The van der Waals surface area contributed by atoms with E-state index in [4.69, 9.17) is 5.73 Å². The van der Waals surface area contributed by atoms with Gasteiger partial charge in [-0.1, -0.05) is 30.3 Å². The molecule has 6 nitrogen and oxygen atoms in total. The molecule has 7 heteroatoms. The first-order valence-electron chi connectivity index (χ1n) is 7.80. The van der Waals surface area contributed by atoms with Gasteiger partial charge in [-0.05, 0) is 25.3 Å². The van der Waals surface area contributed by atoms with Crippen LogP contribution in [0.4, 0.5) is 0 Å². The van der Waals surface area contributed by atoms with Crippen LogP contribution in [0.1, 0.15) is 25.3 Å². The second kappa shape index (κ2) is 6.43. The van der Waals surface area contributed by atoms with Crippen molar-refractivity contribution >= 4 is 10.0 Å². The monoisotopic (exact) mass is 334 g/mol. The van der Waals surface area contributed by atoms with Gasteiger partial charge in [-0.2, -0.15) is 9.40 Å². The number of nitrogens with two attached hydrogens (primary N) is 1. The van der Waals surface area contributed by atoms with Gasteiger partial charge >= 0.3 is 0 Å². The summed E-state index contributed by atoms with van der Waals surface area (Å²) in [5, 5.41) is 4.20. The second-order valence-corrected chi connectivity index (χ2v) is 8.00. The third-order valence-electron chi connectivity index (χ3n) is 4.26. The number of sulfonamides is 1. The predicted octanol–water partition coefficient (Wildman–Crippen LogP) is 1.43. The van der Waals surface area contributed by atoms with Crippen LogP contribution in [0.15, 0.2) is 47.6 Å². The molecule has 2 aromatic rings. The molecule has 1 saturated heterocycles. The largest absolute Gasteiger partial charge is 0.328 e. The highest BCUT2D eigenvalue weighted by atomic mass is 32.2. The van der Waals surface area contributed by atoms with Gasteiger partial charge in [-0.25, -0.2) is 8.42 Å². The lowest BCUT2D eigenvalue weighted by molar-refractivity contribution is 0.247. The molecule has 2 N–H and O–H groups in total. The highest BCUT2D eigenvalue weighted by Gasteiger charge is 2.34. The van der Waals surface area contributed by atoms with Crippen molar-refractivity contribution in [3.05, 3.63) is 48.3 Å². The maximum Gasteiger partial charge on any atom is 0.246 e. The van der Waals surface area contributed by atoms with E-state index in [2.05, 4.69) is 5.10 Å². The van der Waals surface area contributed by atoms with Crippen LogP contribution >= 0.6 is 0 Å². The fraction of sp³-hybridized carbons (Fsp3) is 0.438. The summed E-state index contributed by atoms with van der Waals surface area (Å²) in [4.78, 5) is 0.246. The van der Waals surface area contributed by atoms with Crippen LogP contribution in [0.2, 0.25) is 0 Å². The summed E-state index contributed by atoms with van der Waals surface area (Å²) in [5.41, 5.74) is 7.00. The van der Waals surface area contributed by atoms with Crippen LogP contribution in [0, 0.1) is 0 Å². The number of hydrogen-bond donors (Lipinski definition) is 1. The summed E-state index contributed by atoms with van der Waals surface area (Å²) in [7, 11) is -3.51. The van der Waals surface area contributed by atoms with Crippen LogP contribution in [0.3, 0.4) is 0 Å². The average Bonchev–Trinajstić information content (AvgIpc) is 2.97. The Morgan fingerprint density at radius 1 is 1.30 bits per heavy atom. The molecule has 1 aliphatic heterocycles. The lowest BCUT2D eigenvalue weighted by Gasteiger charge is -2.34. The standard InChI is InChI=1S/C16H22N4O2S/c1-13-9-15(17)7-8-20(13)23(21,22)16-10-18-19(12-16)11-14-5-3-2-4-6-14/h2-6,10,12-13,15H,7-9,11,17H2,1H3/t13-,15-/m1/s1. The number of rotatable bonds is 4. The number of benzene rings is 1. The van der Waals surface area contributed by atoms with E-state index in [1.165, 1.54) is 6.20 Å². The Morgan fingerprint density at radius 3 is 2.74 bits per heavy atom. The molecular weight excluding hydrogens is 312 g/mol. The van der Waals surface area contributed by atoms with Gasteiger partial charge in [0.2, 0.25) is 10.0 Å². The van der Waals surface area contributed by atoms with Crippen molar-refractivity contribution in [1.82, 2.24) is 14.1 Å². The van der Waals surface area contributed by atoms with E-state index in [1.807, 2.05) is 37.3 Å². The normalized spacial score (nSPS) is 23.0. The molecule has 1 fully saturated rings. The fourth-order valence-electron chi connectivity index (χ4n) is 3.01. The summed E-state index contributed by atoms with van der Waals surface area (Å²) in [6.07, 6.45) is 4.42. The number of nitrogens with zero attached hydrogens (tertiary/aromatic N) is 3. The lowest BCUT2D eigenvalue weighted by atomic mass is 10.0. The third kappa shape index (κ3) is 3.46. The number of aromatic nitrogens is 2. The van der Waals surface area contributed by atoms with Gasteiger partial charge in [0.15, 0.2) is 0 Å². The summed E-state index contributed by atoms with van der Waals surface area (Å²) in [6.45, 7) is 2.93. The highest BCUT2D eigenvalue weighted by molar-refractivity contribution is 7.89. The van der Waals surface area contributed by atoms with E-state index in [1.54, 1.807) is 15.2 Å². The minimum atomic E-state index is -3.51. The summed E-state index contributed by atoms with van der Waals surface area (Å²) in [5.74, 6) is 0. The topological polar surface area (TPSA) is 81.2 Å². The molecule has 0 saturated carbocycles. The van der Waals surface area contributed by atoms with Gasteiger partial charge in [0.05, 0.1) is 12.7 Å². The lowest BCUT2D eigenvalue weighted by Crippen LogP contribution is -2.48. The molecule has 0 aliphatic carbocycles. The van der Waals surface area contributed by atoms with Crippen LogP contribution in [0.5, 0.6) is 0 Å².